The highest BCUT2D eigenvalue weighted by molar-refractivity contribution is 5.72. The molecule has 3 aliphatic rings. The van der Waals surface area contributed by atoms with Gasteiger partial charge in [-0.05, 0) is 68.6 Å². The zero-order valence-electron chi connectivity index (χ0n) is 15.0. The highest BCUT2D eigenvalue weighted by atomic mass is 16.6. The van der Waals surface area contributed by atoms with Crippen LogP contribution < -0.4 is 0 Å². The molecule has 0 N–H and O–H groups in total. The van der Waals surface area contributed by atoms with Crippen LogP contribution in [-0.2, 0) is 9.53 Å². The van der Waals surface area contributed by atoms with Crippen LogP contribution in [0.2, 0.25) is 0 Å². The summed E-state index contributed by atoms with van der Waals surface area (Å²) < 4.78 is 6.30. The van der Waals surface area contributed by atoms with Gasteiger partial charge in [0.1, 0.15) is 5.60 Å². The van der Waals surface area contributed by atoms with Crippen molar-refractivity contribution in [2.75, 3.05) is 0 Å². The molecule has 0 aromatic rings. The summed E-state index contributed by atoms with van der Waals surface area (Å²) >= 11 is 0. The first kappa shape index (κ1) is 16.3. The lowest BCUT2D eigenvalue weighted by Gasteiger charge is -2.40. The van der Waals surface area contributed by atoms with Crippen LogP contribution in [0.5, 0.6) is 0 Å². The molecule has 3 aliphatic carbocycles. The summed E-state index contributed by atoms with van der Waals surface area (Å²) in [6, 6.07) is 0. The van der Waals surface area contributed by atoms with Gasteiger partial charge in [0.2, 0.25) is 0 Å². The second-order valence-corrected chi connectivity index (χ2v) is 9.64. The first-order valence-corrected chi connectivity index (χ1v) is 9.52. The summed E-state index contributed by atoms with van der Waals surface area (Å²) in [5.41, 5.74) is 0.0940. The fourth-order valence-corrected chi connectivity index (χ4v) is 5.71. The zero-order valence-corrected chi connectivity index (χ0v) is 15.0. The molecule has 0 heterocycles. The number of ether oxygens (including phenoxy) is 1. The Bertz CT molecular complexity index is 414. The molecule has 0 aromatic carbocycles. The Hall–Kier alpha value is -0.530. The maximum absolute atomic E-state index is 12.7. The van der Waals surface area contributed by atoms with Gasteiger partial charge in [0.15, 0.2) is 0 Å². The van der Waals surface area contributed by atoms with Crippen molar-refractivity contribution in [3.63, 3.8) is 0 Å². The average molecular weight is 306 g/mol. The van der Waals surface area contributed by atoms with Crippen molar-refractivity contribution in [2.45, 2.75) is 91.1 Å². The summed E-state index contributed by atoms with van der Waals surface area (Å²) in [5.74, 6) is 2.53. The molecule has 3 fully saturated rings. The van der Waals surface area contributed by atoms with Crippen molar-refractivity contribution < 1.29 is 9.53 Å². The molecule has 0 spiro atoms. The number of carbonyl (C=O) groups excluding carboxylic acids is 1. The third-order valence-corrected chi connectivity index (χ3v) is 6.49. The maximum Gasteiger partial charge on any atom is 0.309 e. The van der Waals surface area contributed by atoms with Crippen LogP contribution >= 0.6 is 0 Å². The lowest BCUT2D eigenvalue weighted by molar-refractivity contribution is -0.174. The van der Waals surface area contributed by atoms with E-state index in [2.05, 4.69) is 27.7 Å². The molecule has 2 heteroatoms. The zero-order chi connectivity index (χ0) is 16.0. The monoisotopic (exact) mass is 306 g/mol. The molecule has 0 amide bonds. The summed E-state index contributed by atoms with van der Waals surface area (Å²) in [4.78, 5) is 12.7. The molecule has 3 rings (SSSR count). The van der Waals surface area contributed by atoms with E-state index in [1.165, 1.54) is 38.5 Å². The molecular formula is C20H34O2. The van der Waals surface area contributed by atoms with Crippen LogP contribution in [0.1, 0.15) is 85.5 Å². The van der Waals surface area contributed by atoms with Gasteiger partial charge >= 0.3 is 5.97 Å². The van der Waals surface area contributed by atoms with Gasteiger partial charge in [-0.1, -0.05) is 34.1 Å². The van der Waals surface area contributed by atoms with E-state index in [1.54, 1.807) is 0 Å². The van der Waals surface area contributed by atoms with E-state index in [4.69, 9.17) is 4.74 Å². The Kier molecular flexibility index (Phi) is 4.33. The normalized spacial score (nSPS) is 34.8. The number of hydrogen-bond acceptors (Lipinski definition) is 2. The van der Waals surface area contributed by atoms with Gasteiger partial charge in [-0.15, -0.1) is 0 Å². The Labute approximate surface area is 136 Å². The highest BCUT2D eigenvalue weighted by Gasteiger charge is 2.53. The van der Waals surface area contributed by atoms with Crippen LogP contribution in [-0.4, -0.2) is 11.6 Å². The maximum atomic E-state index is 12.7. The topological polar surface area (TPSA) is 26.3 Å². The van der Waals surface area contributed by atoms with Crippen molar-refractivity contribution >= 4 is 5.97 Å². The predicted molar refractivity (Wildman–Crippen MR) is 89.5 cm³/mol. The molecule has 2 bridgehead atoms. The molecule has 3 saturated carbocycles. The number of rotatable bonds is 4. The van der Waals surface area contributed by atoms with Crippen molar-refractivity contribution in [3.05, 3.63) is 0 Å². The summed E-state index contributed by atoms with van der Waals surface area (Å²) in [6.07, 6.45) is 11.2. The molecule has 2 nitrogen and oxygen atoms in total. The fourth-order valence-electron chi connectivity index (χ4n) is 5.71. The Morgan fingerprint density at radius 3 is 2.36 bits per heavy atom. The first-order chi connectivity index (χ1) is 10.3. The van der Waals surface area contributed by atoms with E-state index >= 15 is 0 Å². The SMILES string of the molecule is CC(CC(C)(C)C)C(=O)OC1(C2CC3CCC2C3)CCCC1. The van der Waals surface area contributed by atoms with Crippen molar-refractivity contribution in [1.29, 1.82) is 0 Å². The summed E-state index contributed by atoms with van der Waals surface area (Å²) in [6.45, 7) is 8.67. The Morgan fingerprint density at radius 2 is 1.86 bits per heavy atom. The Balaban J connectivity index is 1.68. The number of esters is 1. The molecule has 4 atom stereocenters. The average Bonchev–Trinajstić information content (AvgIpc) is 3.12. The quantitative estimate of drug-likeness (QED) is 0.654. The van der Waals surface area contributed by atoms with E-state index in [0.717, 1.165) is 31.1 Å². The first-order valence-electron chi connectivity index (χ1n) is 9.52. The minimum atomic E-state index is -0.0942. The minimum Gasteiger partial charge on any atom is -0.459 e. The van der Waals surface area contributed by atoms with Crippen LogP contribution in [0.3, 0.4) is 0 Å². The van der Waals surface area contributed by atoms with Gasteiger partial charge in [0.05, 0.1) is 5.92 Å². The van der Waals surface area contributed by atoms with E-state index in [9.17, 15) is 4.79 Å². The van der Waals surface area contributed by atoms with Gasteiger partial charge in [0, 0.05) is 5.92 Å². The Morgan fingerprint density at radius 1 is 1.18 bits per heavy atom. The van der Waals surface area contributed by atoms with Gasteiger partial charge in [0.25, 0.3) is 0 Å². The molecule has 0 saturated heterocycles. The standard InChI is InChI=1S/C20H34O2/c1-14(13-19(2,3)4)18(21)22-20(9-5-6-10-20)17-12-15-7-8-16(17)11-15/h14-17H,5-13H2,1-4H3. The molecule has 0 aromatic heterocycles. The van der Waals surface area contributed by atoms with Gasteiger partial charge in [-0.2, -0.15) is 0 Å². The lowest BCUT2D eigenvalue weighted by atomic mass is 9.75. The number of fused-ring (bicyclic) bond motifs is 2. The van der Waals surface area contributed by atoms with Crippen molar-refractivity contribution in [3.8, 4) is 0 Å². The lowest BCUT2D eigenvalue weighted by Crippen LogP contribution is -2.44. The summed E-state index contributed by atoms with van der Waals surface area (Å²) in [5, 5.41) is 0. The third kappa shape index (κ3) is 3.21. The van der Waals surface area contributed by atoms with Crippen LogP contribution in [0.4, 0.5) is 0 Å². The molecule has 4 unspecified atom stereocenters. The summed E-state index contributed by atoms with van der Waals surface area (Å²) in [7, 11) is 0. The predicted octanol–water partition coefficient (Wildman–Crippen LogP) is 5.35. The minimum absolute atomic E-state index is 0.0241. The van der Waals surface area contributed by atoms with Crippen LogP contribution in [0.15, 0.2) is 0 Å². The van der Waals surface area contributed by atoms with Gasteiger partial charge in [-0.25, -0.2) is 0 Å². The second kappa shape index (κ2) is 5.83. The number of hydrogen-bond donors (Lipinski definition) is 0. The van der Waals surface area contributed by atoms with E-state index in [0.29, 0.717) is 5.92 Å². The van der Waals surface area contributed by atoms with E-state index in [-0.39, 0.29) is 22.9 Å². The fraction of sp³-hybridized carbons (Fsp3) is 0.950. The van der Waals surface area contributed by atoms with Crippen molar-refractivity contribution in [1.82, 2.24) is 0 Å². The second-order valence-electron chi connectivity index (χ2n) is 9.64. The smallest absolute Gasteiger partial charge is 0.309 e. The van der Waals surface area contributed by atoms with E-state index < -0.39 is 0 Å². The van der Waals surface area contributed by atoms with Crippen LogP contribution in [0.25, 0.3) is 0 Å². The third-order valence-electron chi connectivity index (χ3n) is 6.49. The molecular weight excluding hydrogens is 272 g/mol. The van der Waals surface area contributed by atoms with Crippen molar-refractivity contribution in [2.24, 2.45) is 29.1 Å². The van der Waals surface area contributed by atoms with Gasteiger partial charge < -0.3 is 4.74 Å². The largest absolute Gasteiger partial charge is 0.459 e. The molecule has 126 valence electrons. The van der Waals surface area contributed by atoms with Crippen LogP contribution in [0, 0.1) is 29.1 Å². The van der Waals surface area contributed by atoms with E-state index in [1.807, 2.05) is 0 Å². The molecule has 0 aliphatic heterocycles. The number of carbonyl (C=O) groups is 1. The molecule has 0 radical (unpaired) electrons. The molecule has 22 heavy (non-hydrogen) atoms. The van der Waals surface area contributed by atoms with Gasteiger partial charge in [-0.3, -0.25) is 4.79 Å². The highest BCUT2D eigenvalue weighted by Crippen LogP contribution is 2.57.